The van der Waals surface area contributed by atoms with E-state index in [0.29, 0.717) is 6.04 Å². The fourth-order valence-corrected chi connectivity index (χ4v) is 2.85. The molecule has 1 unspecified atom stereocenters. The van der Waals surface area contributed by atoms with Crippen LogP contribution in [0.4, 0.5) is 0 Å². The SMILES string of the molecule is CC(C)CC(CN)N1CCN(C2CC2)CC1. The highest BCUT2D eigenvalue weighted by Crippen LogP contribution is 2.28. The predicted molar refractivity (Wildman–Crippen MR) is 68.5 cm³/mol. The van der Waals surface area contributed by atoms with Gasteiger partial charge in [0.1, 0.15) is 0 Å². The molecule has 1 atom stereocenters. The minimum absolute atomic E-state index is 0.612. The number of hydrogen-bond acceptors (Lipinski definition) is 3. The van der Waals surface area contributed by atoms with Gasteiger partial charge in [-0.1, -0.05) is 13.8 Å². The van der Waals surface area contributed by atoms with Crippen LogP contribution in [0, 0.1) is 5.92 Å². The van der Waals surface area contributed by atoms with Crippen molar-refractivity contribution in [1.29, 1.82) is 0 Å². The second-order valence-electron chi connectivity index (χ2n) is 5.82. The molecule has 2 aliphatic rings. The van der Waals surface area contributed by atoms with Crippen molar-refractivity contribution >= 4 is 0 Å². The maximum atomic E-state index is 5.90. The van der Waals surface area contributed by atoms with Gasteiger partial charge < -0.3 is 5.73 Å². The lowest BCUT2D eigenvalue weighted by molar-refractivity contribution is 0.0855. The summed E-state index contributed by atoms with van der Waals surface area (Å²) in [6.07, 6.45) is 4.12. The predicted octanol–water partition coefficient (Wildman–Crippen LogP) is 1.14. The molecule has 0 aromatic carbocycles. The topological polar surface area (TPSA) is 32.5 Å². The van der Waals surface area contributed by atoms with E-state index in [9.17, 15) is 0 Å². The van der Waals surface area contributed by atoms with Gasteiger partial charge in [-0.15, -0.1) is 0 Å². The van der Waals surface area contributed by atoms with Crippen LogP contribution >= 0.6 is 0 Å². The van der Waals surface area contributed by atoms with Crippen molar-refractivity contribution in [3.05, 3.63) is 0 Å². The fraction of sp³-hybridized carbons (Fsp3) is 1.00. The molecule has 2 rings (SSSR count). The first-order chi connectivity index (χ1) is 7.70. The molecule has 16 heavy (non-hydrogen) atoms. The third kappa shape index (κ3) is 3.19. The molecular weight excluding hydrogens is 198 g/mol. The summed E-state index contributed by atoms with van der Waals surface area (Å²) in [5.41, 5.74) is 5.90. The van der Waals surface area contributed by atoms with Crippen LogP contribution in [0.15, 0.2) is 0 Å². The normalized spacial score (nSPS) is 26.2. The molecule has 3 heteroatoms. The molecule has 1 saturated heterocycles. The van der Waals surface area contributed by atoms with Crippen molar-refractivity contribution < 1.29 is 0 Å². The number of hydrogen-bond donors (Lipinski definition) is 1. The van der Waals surface area contributed by atoms with Crippen LogP contribution in [-0.2, 0) is 0 Å². The summed E-state index contributed by atoms with van der Waals surface area (Å²) in [4.78, 5) is 5.28. The summed E-state index contributed by atoms with van der Waals surface area (Å²) in [5, 5.41) is 0. The van der Waals surface area contributed by atoms with Gasteiger partial charge in [-0.05, 0) is 25.2 Å². The fourth-order valence-electron chi connectivity index (χ4n) is 2.85. The molecule has 1 saturated carbocycles. The molecule has 3 nitrogen and oxygen atoms in total. The van der Waals surface area contributed by atoms with E-state index >= 15 is 0 Å². The lowest BCUT2D eigenvalue weighted by Crippen LogP contribution is -2.53. The first-order valence-electron chi connectivity index (χ1n) is 6.89. The lowest BCUT2D eigenvalue weighted by atomic mass is 10.0. The third-order valence-corrected chi connectivity index (χ3v) is 3.94. The number of rotatable bonds is 5. The molecule has 2 N–H and O–H groups in total. The largest absolute Gasteiger partial charge is 0.329 e. The molecule has 1 heterocycles. The highest BCUT2D eigenvalue weighted by atomic mass is 15.3. The van der Waals surface area contributed by atoms with Crippen molar-refractivity contribution in [1.82, 2.24) is 9.80 Å². The standard InChI is InChI=1S/C13H27N3/c1-11(2)9-13(10-14)16-7-5-15(6-8-16)12-3-4-12/h11-13H,3-10,14H2,1-2H3. The Labute approximate surface area is 100.0 Å². The molecule has 0 amide bonds. The molecule has 1 aliphatic carbocycles. The van der Waals surface area contributed by atoms with Gasteiger partial charge in [0.2, 0.25) is 0 Å². The van der Waals surface area contributed by atoms with Crippen LogP contribution < -0.4 is 5.73 Å². The Bertz CT molecular complexity index is 205. The molecule has 1 aliphatic heterocycles. The summed E-state index contributed by atoms with van der Waals surface area (Å²) in [5.74, 6) is 0.759. The zero-order valence-electron chi connectivity index (χ0n) is 10.9. The van der Waals surface area contributed by atoms with Crippen LogP contribution in [0.25, 0.3) is 0 Å². The van der Waals surface area contributed by atoms with Crippen molar-refractivity contribution in [2.24, 2.45) is 11.7 Å². The van der Waals surface area contributed by atoms with Crippen molar-refractivity contribution in [2.75, 3.05) is 32.7 Å². The molecule has 94 valence electrons. The molecule has 0 bridgehead atoms. The Balaban J connectivity index is 1.76. The Morgan fingerprint density at radius 3 is 2.19 bits per heavy atom. The average molecular weight is 225 g/mol. The van der Waals surface area contributed by atoms with Gasteiger partial charge in [-0.3, -0.25) is 9.80 Å². The molecule has 0 aromatic rings. The minimum atomic E-state index is 0.612. The highest BCUT2D eigenvalue weighted by Gasteiger charge is 2.32. The summed E-state index contributed by atoms with van der Waals surface area (Å²) in [6.45, 7) is 10.4. The molecule has 0 aromatic heterocycles. The highest BCUT2D eigenvalue weighted by molar-refractivity contribution is 4.89. The summed E-state index contributed by atoms with van der Waals surface area (Å²) in [7, 11) is 0. The van der Waals surface area contributed by atoms with E-state index in [2.05, 4.69) is 23.6 Å². The van der Waals surface area contributed by atoms with E-state index in [1.807, 2.05) is 0 Å². The maximum Gasteiger partial charge on any atom is 0.0221 e. The van der Waals surface area contributed by atoms with Crippen LogP contribution in [0.1, 0.15) is 33.1 Å². The van der Waals surface area contributed by atoms with E-state index in [4.69, 9.17) is 5.73 Å². The zero-order valence-corrected chi connectivity index (χ0v) is 10.9. The smallest absolute Gasteiger partial charge is 0.0221 e. The Morgan fingerprint density at radius 2 is 1.75 bits per heavy atom. The first-order valence-corrected chi connectivity index (χ1v) is 6.89. The second kappa shape index (κ2) is 5.48. The zero-order chi connectivity index (χ0) is 11.5. The number of piperazine rings is 1. The number of nitrogens with zero attached hydrogens (tertiary/aromatic N) is 2. The summed E-state index contributed by atoms with van der Waals surface area (Å²) >= 11 is 0. The van der Waals surface area contributed by atoms with Crippen LogP contribution in [0.2, 0.25) is 0 Å². The van der Waals surface area contributed by atoms with Gasteiger partial charge in [0.15, 0.2) is 0 Å². The van der Waals surface area contributed by atoms with Gasteiger partial charge in [0, 0.05) is 44.8 Å². The Kier molecular flexibility index (Phi) is 4.22. The monoisotopic (exact) mass is 225 g/mol. The number of nitrogens with two attached hydrogens (primary N) is 1. The van der Waals surface area contributed by atoms with Crippen molar-refractivity contribution in [3.63, 3.8) is 0 Å². The summed E-state index contributed by atoms with van der Waals surface area (Å²) in [6, 6.07) is 1.55. The lowest BCUT2D eigenvalue weighted by Gasteiger charge is -2.39. The van der Waals surface area contributed by atoms with E-state index in [1.165, 1.54) is 45.4 Å². The molecular formula is C13H27N3. The van der Waals surface area contributed by atoms with E-state index in [0.717, 1.165) is 18.5 Å². The molecule has 2 fully saturated rings. The van der Waals surface area contributed by atoms with Gasteiger partial charge in [0.25, 0.3) is 0 Å². The quantitative estimate of drug-likeness (QED) is 0.761. The van der Waals surface area contributed by atoms with E-state index in [-0.39, 0.29) is 0 Å². The van der Waals surface area contributed by atoms with Crippen LogP contribution in [-0.4, -0.2) is 54.6 Å². The van der Waals surface area contributed by atoms with Gasteiger partial charge in [-0.25, -0.2) is 0 Å². The average Bonchev–Trinajstić information content (AvgIpc) is 3.10. The summed E-state index contributed by atoms with van der Waals surface area (Å²) < 4.78 is 0. The Hall–Kier alpha value is -0.120. The van der Waals surface area contributed by atoms with Crippen LogP contribution in [0.5, 0.6) is 0 Å². The van der Waals surface area contributed by atoms with Crippen molar-refractivity contribution in [3.8, 4) is 0 Å². The van der Waals surface area contributed by atoms with Crippen molar-refractivity contribution in [2.45, 2.75) is 45.2 Å². The minimum Gasteiger partial charge on any atom is -0.329 e. The van der Waals surface area contributed by atoms with E-state index < -0.39 is 0 Å². The second-order valence-corrected chi connectivity index (χ2v) is 5.82. The molecule has 0 radical (unpaired) electrons. The maximum absolute atomic E-state index is 5.90. The van der Waals surface area contributed by atoms with Gasteiger partial charge >= 0.3 is 0 Å². The first kappa shape index (κ1) is 12.3. The van der Waals surface area contributed by atoms with Crippen LogP contribution in [0.3, 0.4) is 0 Å². The van der Waals surface area contributed by atoms with E-state index in [1.54, 1.807) is 0 Å². The van der Waals surface area contributed by atoms with Gasteiger partial charge in [-0.2, -0.15) is 0 Å². The third-order valence-electron chi connectivity index (χ3n) is 3.94. The Morgan fingerprint density at radius 1 is 1.12 bits per heavy atom. The van der Waals surface area contributed by atoms with Gasteiger partial charge in [0.05, 0.1) is 0 Å². The molecule has 0 spiro atoms.